The minimum atomic E-state index is 0.314. The van der Waals surface area contributed by atoms with Gasteiger partial charge in [0.25, 0.3) is 0 Å². The van der Waals surface area contributed by atoms with Crippen LogP contribution in [0.2, 0.25) is 0 Å². The molecule has 0 aromatic carbocycles. The Hall–Kier alpha value is -0.0400. The molecule has 0 radical (unpaired) electrons. The second-order valence-corrected chi connectivity index (χ2v) is 9.24. The molecule has 0 aromatic heterocycles. The van der Waals surface area contributed by atoms with E-state index < -0.39 is 0 Å². The molecule has 0 heterocycles. The number of hydrogen-bond donors (Lipinski definition) is 1. The quantitative estimate of drug-likeness (QED) is 0.384. The van der Waals surface area contributed by atoms with Crippen molar-refractivity contribution in [1.82, 2.24) is 5.32 Å². The van der Waals surface area contributed by atoms with E-state index >= 15 is 0 Å². The fraction of sp³-hybridized carbons (Fsp3) is 1.00. The number of unbranched alkanes of at least 4 members (excludes halogenated alkanes) is 4. The van der Waals surface area contributed by atoms with E-state index in [-0.39, 0.29) is 0 Å². The normalized spacial score (nSPS) is 15.8. The van der Waals surface area contributed by atoms with E-state index in [1.807, 2.05) is 0 Å². The highest BCUT2D eigenvalue weighted by atomic mass is 14.9. The first-order valence-corrected chi connectivity index (χ1v) is 9.83. The first-order valence-electron chi connectivity index (χ1n) is 9.83. The van der Waals surface area contributed by atoms with Crippen molar-refractivity contribution in [2.75, 3.05) is 6.54 Å². The van der Waals surface area contributed by atoms with Crippen molar-refractivity contribution in [3.8, 4) is 0 Å². The van der Waals surface area contributed by atoms with Crippen LogP contribution in [0.25, 0.3) is 0 Å². The van der Waals surface area contributed by atoms with E-state index in [9.17, 15) is 0 Å². The Morgan fingerprint density at radius 1 is 0.682 bits per heavy atom. The van der Waals surface area contributed by atoms with Gasteiger partial charge in [0.05, 0.1) is 0 Å². The number of hydrogen-bond acceptors (Lipinski definition) is 1. The largest absolute Gasteiger partial charge is 0.312 e. The first kappa shape index (κ1) is 22.0. The van der Waals surface area contributed by atoms with Crippen molar-refractivity contribution in [1.29, 1.82) is 0 Å². The molecule has 0 fully saturated rings. The summed E-state index contributed by atoms with van der Waals surface area (Å²) in [7, 11) is 0. The van der Waals surface area contributed by atoms with Crippen LogP contribution in [0.3, 0.4) is 0 Å². The second-order valence-electron chi connectivity index (χ2n) is 9.24. The molecule has 0 aliphatic carbocycles. The van der Waals surface area contributed by atoms with Gasteiger partial charge in [-0.3, -0.25) is 0 Å². The van der Waals surface area contributed by atoms with Gasteiger partial charge in [-0.15, -0.1) is 0 Å². The van der Waals surface area contributed by atoms with Crippen molar-refractivity contribution in [3.05, 3.63) is 0 Å². The van der Waals surface area contributed by atoms with Crippen LogP contribution in [0.1, 0.15) is 113 Å². The Kier molecular flexibility index (Phi) is 9.94. The molecule has 0 bridgehead atoms. The summed E-state index contributed by atoms with van der Waals surface area (Å²) >= 11 is 0. The molecule has 22 heavy (non-hydrogen) atoms. The molecule has 0 saturated carbocycles. The highest BCUT2D eigenvalue weighted by Crippen LogP contribution is 2.46. The van der Waals surface area contributed by atoms with Gasteiger partial charge in [-0.05, 0) is 56.9 Å². The van der Waals surface area contributed by atoms with E-state index in [2.05, 4.69) is 60.7 Å². The zero-order valence-electron chi connectivity index (χ0n) is 17.1. The molecule has 0 rings (SSSR count). The van der Waals surface area contributed by atoms with E-state index in [0.717, 1.165) is 0 Å². The molecule has 0 aliphatic heterocycles. The molecular weight excluding hydrogens is 266 g/mol. The summed E-state index contributed by atoms with van der Waals surface area (Å²) in [6, 6.07) is 0. The summed E-state index contributed by atoms with van der Waals surface area (Å²) in [6.07, 6.45) is 12.2. The van der Waals surface area contributed by atoms with Crippen molar-refractivity contribution < 1.29 is 0 Å². The van der Waals surface area contributed by atoms with Crippen molar-refractivity contribution in [2.45, 2.75) is 119 Å². The zero-order valence-corrected chi connectivity index (χ0v) is 17.1. The monoisotopic (exact) mass is 311 g/mol. The third kappa shape index (κ3) is 8.56. The predicted octanol–water partition coefficient (Wildman–Crippen LogP) is 6.96. The predicted molar refractivity (Wildman–Crippen MR) is 103 cm³/mol. The Balaban J connectivity index is 3.80. The summed E-state index contributed by atoms with van der Waals surface area (Å²) in [4.78, 5) is 0. The Morgan fingerprint density at radius 2 is 1.23 bits per heavy atom. The van der Waals surface area contributed by atoms with Gasteiger partial charge in [-0.2, -0.15) is 0 Å². The Labute approximate surface area is 142 Å². The lowest BCUT2D eigenvalue weighted by Crippen LogP contribution is -2.38. The highest BCUT2D eigenvalue weighted by Gasteiger charge is 2.35. The average molecular weight is 312 g/mol. The van der Waals surface area contributed by atoms with Crippen LogP contribution in [0.4, 0.5) is 0 Å². The molecule has 1 unspecified atom stereocenters. The van der Waals surface area contributed by atoms with Gasteiger partial charge in [-0.1, -0.05) is 73.6 Å². The molecule has 0 spiro atoms. The smallest absolute Gasteiger partial charge is 0.0122 e. The first-order chi connectivity index (χ1) is 10.1. The maximum Gasteiger partial charge on any atom is 0.0122 e. The summed E-state index contributed by atoms with van der Waals surface area (Å²) in [6.45, 7) is 20.1. The van der Waals surface area contributed by atoms with Gasteiger partial charge < -0.3 is 5.32 Å². The molecule has 1 N–H and O–H groups in total. The van der Waals surface area contributed by atoms with E-state index in [1.54, 1.807) is 0 Å². The minimum Gasteiger partial charge on any atom is -0.312 e. The number of rotatable bonds is 12. The molecule has 134 valence electrons. The third-order valence-corrected chi connectivity index (χ3v) is 6.01. The van der Waals surface area contributed by atoms with Gasteiger partial charge in [-0.25, -0.2) is 0 Å². The van der Waals surface area contributed by atoms with Crippen LogP contribution in [0.15, 0.2) is 0 Å². The van der Waals surface area contributed by atoms with E-state index in [1.165, 1.54) is 64.3 Å². The van der Waals surface area contributed by atoms with Crippen LogP contribution in [-0.4, -0.2) is 12.1 Å². The molecule has 0 aliphatic rings. The molecule has 0 aromatic rings. The van der Waals surface area contributed by atoms with Crippen LogP contribution >= 0.6 is 0 Å². The fourth-order valence-corrected chi connectivity index (χ4v) is 3.15. The lowest BCUT2D eigenvalue weighted by Gasteiger charge is -2.42. The van der Waals surface area contributed by atoms with Gasteiger partial charge in [0.1, 0.15) is 0 Å². The zero-order chi connectivity index (χ0) is 17.3. The average Bonchev–Trinajstić information content (AvgIpc) is 2.41. The van der Waals surface area contributed by atoms with E-state index in [0.29, 0.717) is 16.4 Å². The van der Waals surface area contributed by atoms with Crippen molar-refractivity contribution in [3.63, 3.8) is 0 Å². The lowest BCUT2D eigenvalue weighted by molar-refractivity contribution is 0.0802. The molecule has 1 heteroatoms. The molecular formula is C21H45N. The van der Waals surface area contributed by atoms with Crippen LogP contribution < -0.4 is 5.32 Å². The van der Waals surface area contributed by atoms with Crippen molar-refractivity contribution >= 4 is 0 Å². The maximum atomic E-state index is 3.66. The maximum absolute atomic E-state index is 3.66. The Bertz CT molecular complexity index is 274. The molecule has 0 saturated heterocycles. The second kappa shape index (κ2) is 9.96. The van der Waals surface area contributed by atoms with Crippen LogP contribution in [0, 0.1) is 10.8 Å². The topological polar surface area (TPSA) is 12.0 Å². The summed E-state index contributed by atoms with van der Waals surface area (Å²) < 4.78 is 0. The minimum absolute atomic E-state index is 0.314. The van der Waals surface area contributed by atoms with Gasteiger partial charge in [0.15, 0.2) is 0 Å². The molecule has 0 amide bonds. The SMILES string of the molecule is CCCC(C)(CCCCCCCNC(C)(C)CC)C(C)(C)C. The van der Waals surface area contributed by atoms with Crippen LogP contribution in [0.5, 0.6) is 0 Å². The summed E-state index contributed by atoms with van der Waals surface area (Å²) in [5, 5.41) is 3.66. The molecule has 1 atom stereocenters. The van der Waals surface area contributed by atoms with Crippen molar-refractivity contribution in [2.24, 2.45) is 10.8 Å². The number of nitrogens with one attached hydrogen (secondary N) is 1. The summed E-state index contributed by atoms with van der Waals surface area (Å²) in [5.41, 5.74) is 1.25. The third-order valence-electron chi connectivity index (χ3n) is 6.01. The Morgan fingerprint density at radius 3 is 1.73 bits per heavy atom. The molecule has 1 nitrogen and oxygen atoms in total. The lowest BCUT2D eigenvalue weighted by atomic mass is 9.63. The van der Waals surface area contributed by atoms with Gasteiger partial charge >= 0.3 is 0 Å². The standard InChI is InChI=1S/C21H45N/c1-9-16-21(8,19(3,4)5)17-14-12-11-13-15-18-22-20(6,7)10-2/h22H,9-18H2,1-8H3. The van der Waals surface area contributed by atoms with Gasteiger partial charge in [0, 0.05) is 5.54 Å². The van der Waals surface area contributed by atoms with Gasteiger partial charge in [0.2, 0.25) is 0 Å². The highest BCUT2D eigenvalue weighted by molar-refractivity contribution is 4.86. The summed E-state index contributed by atoms with van der Waals surface area (Å²) in [5.74, 6) is 0. The van der Waals surface area contributed by atoms with Crippen LogP contribution in [-0.2, 0) is 0 Å². The fourth-order valence-electron chi connectivity index (χ4n) is 3.15. The van der Waals surface area contributed by atoms with E-state index in [4.69, 9.17) is 0 Å².